The molecular formula is C9H4BrCl2N3O. The highest BCUT2D eigenvalue weighted by molar-refractivity contribution is 9.10. The van der Waals surface area contributed by atoms with E-state index in [0.29, 0.717) is 5.75 Å². The van der Waals surface area contributed by atoms with Gasteiger partial charge in [0.15, 0.2) is 0 Å². The number of hydrogen-bond acceptors (Lipinski definition) is 4. The molecule has 7 heteroatoms. The van der Waals surface area contributed by atoms with Gasteiger partial charge in [-0.3, -0.25) is 0 Å². The van der Waals surface area contributed by atoms with Crippen molar-refractivity contribution in [1.82, 2.24) is 15.0 Å². The predicted molar refractivity (Wildman–Crippen MR) is 64.1 cm³/mol. The number of ether oxygens (including phenoxy) is 1. The van der Waals surface area contributed by atoms with Crippen molar-refractivity contribution in [3.63, 3.8) is 0 Å². The van der Waals surface area contributed by atoms with E-state index >= 15 is 0 Å². The Hall–Kier alpha value is -0.910. The Morgan fingerprint density at radius 3 is 2.06 bits per heavy atom. The van der Waals surface area contributed by atoms with Gasteiger partial charge in [-0.2, -0.15) is 15.0 Å². The fourth-order valence-corrected chi connectivity index (χ4v) is 1.57. The van der Waals surface area contributed by atoms with Crippen molar-refractivity contribution in [3.05, 3.63) is 39.3 Å². The van der Waals surface area contributed by atoms with Crippen molar-refractivity contribution in [2.45, 2.75) is 0 Å². The average Bonchev–Trinajstić information content (AvgIpc) is 2.20. The zero-order valence-corrected chi connectivity index (χ0v) is 10.8. The molecule has 0 unspecified atom stereocenters. The van der Waals surface area contributed by atoms with Gasteiger partial charge in [-0.25, -0.2) is 0 Å². The van der Waals surface area contributed by atoms with Crippen LogP contribution in [0.4, 0.5) is 0 Å². The van der Waals surface area contributed by atoms with Crippen LogP contribution in [0.25, 0.3) is 0 Å². The van der Waals surface area contributed by atoms with Crippen molar-refractivity contribution in [2.24, 2.45) is 0 Å². The van der Waals surface area contributed by atoms with Crippen molar-refractivity contribution in [3.8, 4) is 11.8 Å². The molecule has 4 nitrogen and oxygen atoms in total. The molecule has 1 aromatic carbocycles. The Kier molecular flexibility index (Phi) is 3.58. The highest BCUT2D eigenvalue weighted by Crippen LogP contribution is 2.21. The topological polar surface area (TPSA) is 47.9 Å². The van der Waals surface area contributed by atoms with E-state index in [1.165, 1.54) is 0 Å². The molecule has 0 aliphatic heterocycles. The average molecular weight is 321 g/mol. The van der Waals surface area contributed by atoms with Crippen LogP contribution in [0.5, 0.6) is 11.8 Å². The lowest BCUT2D eigenvalue weighted by Crippen LogP contribution is -1.94. The van der Waals surface area contributed by atoms with Crippen LogP contribution in [0.15, 0.2) is 28.7 Å². The van der Waals surface area contributed by atoms with Crippen LogP contribution in [0, 0.1) is 0 Å². The minimum atomic E-state index is -0.00730. The lowest BCUT2D eigenvalue weighted by Gasteiger charge is -2.03. The van der Waals surface area contributed by atoms with Gasteiger partial charge in [0, 0.05) is 4.47 Å². The second kappa shape index (κ2) is 4.95. The summed E-state index contributed by atoms with van der Waals surface area (Å²) in [5, 5.41) is -0.0146. The monoisotopic (exact) mass is 319 g/mol. The molecule has 0 radical (unpaired) electrons. The molecule has 0 bridgehead atoms. The van der Waals surface area contributed by atoms with E-state index in [0.717, 1.165) is 4.47 Å². The smallest absolute Gasteiger partial charge is 0.327 e. The number of benzene rings is 1. The fraction of sp³-hybridized carbons (Fsp3) is 0. The molecule has 82 valence electrons. The minimum absolute atomic E-state index is 0.00730. The number of aromatic nitrogens is 3. The standard InChI is InChI=1S/C9H4BrCl2N3O/c10-5-1-3-6(4-2-5)16-9-14-7(11)13-8(12)15-9/h1-4H. The zero-order chi connectivity index (χ0) is 11.5. The summed E-state index contributed by atoms with van der Waals surface area (Å²) in [4.78, 5) is 11.2. The normalized spacial score (nSPS) is 10.2. The molecule has 0 aliphatic rings. The first-order valence-corrected chi connectivity index (χ1v) is 5.69. The Labute approximate surface area is 110 Å². The van der Waals surface area contributed by atoms with Crippen LogP contribution in [0.1, 0.15) is 0 Å². The number of hydrogen-bond donors (Lipinski definition) is 0. The van der Waals surface area contributed by atoms with E-state index in [9.17, 15) is 0 Å². The lowest BCUT2D eigenvalue weighted by atomic mass is 10.3. The Bertz CT molecular complexity index is 486. The molecule has 0 N–H and O–H groups in total. The second-order valence-electron chi connectivity index (χ2n) is 2.71. The van der Waals surface area contributed by atoms with Gasteiger partial charge in [0.05, 0.1) is 0 Å². The highest BCUT2D eigenvalue weighted by atomic mass is 79.9. The largest absolute Gasteiger partial charge is 0.424 e. The van der Waals surface area contributed by atoms with Crippen LogP contribution in [-0.4, -0.2) is 15.0 Å². The maximum atomic E-state index is 5.61. The molecule has 2 aromatic rings. The van der Waals surface area contributed by atoms with Gasteiger partial charge in [-0.05, 0) is 47.5 Å². The van der Waals surface area contributed by atoms with E-state index in [2.05, 4.69) is 30.9 Å². The quantitative estimate of drug-likeness (QED) is 0.845. The Morgan fingerprint density at radius 2 is 1.50 bits per heavy atom. The third-order valence-electron chi connectivity index (χ3n) is 1.58. The van der Waals surface area contributed by atoms with Crippen molar-refractivity contribution >= 4 is 39.1 Å². The van der Waals surface area contributed by atoms with Gasteiger partial charge in [-0.1, -0.05) is 15.9 Å². The summed E-state index contributed by atoms with van der Waals surface area (Å²) in [6, 6.07) is 7.25. The van der Waals surface area contributed by atoms with Gasteiger partial charge < -0.3 is 4.74 Å². The summed E-state index contributed by atoms with van der Waals surface area (Å²) < 4.78 is 6.29. The predicted octanol–water partition coefficient (Wildman–Crippen LogP) is 3.73. The van der Waals surface area contributed by atoms with Crippen molar-refractivity contribution in [1.29, 1.82) is 0 Å². The van der Waals surface area contributed by atoms with E-state index in [-0.39, 0.29) is 16.6 Å². The molecular weight excluding hydrogens is 317 g/mol. The summed E-state index contributed by atoms with van der Waals surface area (Å²) in [6.07, 6.45) is 0. The van der Waals surface area contributed by atoms with E-state index in [4.69, 9.17) is 27.9 Å². The Balaban J connectivity index is 2.23. The summed E-state index contributed by atoms with van der Waals surface area (Å²) in [6.45, 7) is 0. The molecule has 0 amide bonds. The third-order valence-corrected chi connectivity index (χ3v) is 2.45. The molecule has 0 atom stereocenters. The molecule has 0 spiro atoms. The van der Waals surface area contributed by atoms with Gasteiger partial charge >= 0.3 is 6.01 Å². The maximum absolute atomic E-state index is 5.61. The summed E-state index contributed by atoms with van der Waals surface area (Å²) >= 11 is 14.5. The van der Waals surface area contributed by atoms with Crippen LogP contribution in [0.2, 0.25) is 10.6 Å². The molecule has 1 aromatic heterocycles. The van der Waals surface area contributed by atoms with Gasteiger partial charge in [0.2, 0.25) is 10.6 Å². The van der Waals surface area contributed by atoms with Crippen LogP contribution >= 0.6 is 39.1 Å². The molecule has 0 aliphatic carbocycles. The van der Waals surface area contributed by atoms with Crippen LogP contribution < -0.4 is 4.74 Å². The third kappa shape index (κ3) is 3.04. The first kappa shape index (κ1) is 11.6. The lowest BCUT2D eigenvalue weighted by molar-refractivity contribution is 0.439. The zero-order valence-electron chi connectivity index (χ0n) is 7.69. The summed E-state index contributed by atoms with van der Waals surface area (Å²) in [5.41, 5.74) is 0. The molecule has 0 saturated heterocycles. The maximum Gasteiger partial charge on any atom is 0.327 e. The summed E-state index contributed by atoms with van der Waals surface area (Å²) in [7, 11) is 0. The number of nitrogens with zero attached hydrogens (tertiary/aromatic N) is 3. The SMILES string of the molecule is Clc1nc(Cl)nc(Oc2ccc(Br)cc2)n1. The van der Waals surface area contributed by atoms with Crippen LogP contribution in [0.3, 0.4) is 0 Å². The first-order valence-electron chi connectivity index (χ1n) is 4.14. The number of rotatable bonds is 2. The highest BCUT2D eigenvalue weighted by Gasteiger charge is 2.05. The summed E-state index contributed by atoms with van der Waals surface area (Å²) in [5.74, 6) is 0.585. The van der Waals surface area contributed by atoms with Crippen LogP contribution in [-0.2, 0) is 0 Å². The van der Waals surface area contributed by atoms with Gasteiger partial charge in [-0.15, -0.1) is 0 Å². The van der Waals surface area contributed by atoms with E-state index in [1.807, 2.05) is 12.1 Å². The molecule has 0 fully saturated rings. The molecule has 2 rings (SSSR count). The van der Waals surface area contributed by atoms with Crippen molar-refractivity contribution < 1.29 is 4.74 Å². The van der Waals surface area contributed by atoms with Gasteiger partial charge in [0.25, 0.3) is 0 Å². The fourth-order valence-electron chi connectivity index (χ4n) is 0.963. The first-order chi connectivity index (χ1) is 7.63. The van der Waals surface area contributed by atoms with E-state index < -0.39 is 0 Å². The minimum Gasteiger partial charge on any atom is -0.424 e. The second-order valence-corrected chi connectivity index (χ2v) is 4.30. The van der Waals surface area contributed by atoms with Gasteiger partial charge in [0.1, 0.15) is 5.75 Å². The molecule has 0 saturated carbocycles. The number of halogens is 3. The molecule has 1 heterocycles. The molecule has 16 heavy (non-hydrogen) atoms. The van der Waals surface area contributed by atoms with Crippen molar-refractivity contribution in [2.75, 3.05) is 0 Å². The van der Waals surface area contributed by atoms with E-state index in [1.54, 1.807) is 12.1 Å². The Morgan fingerprint density at radius 1 is 0.938 bits per heavy atom.